The smallest absolute Gasteiger partial charge is 0.161 e. The number of ketones is 1. The predicted octanol–water partition coefficient (Wildman–Crippen LogP) is 2.64. The lowest BCUT2D eigenvalue weighted by molar-refractivity contribution is 0.0383. The van der Waals surface area contributed by atoms with Gasteiger partial charge in [-0.15, -0.1) is 0 Å². The second-order valence-electron chi connectivity index (χ2n) is 4.56. The topological polar surface area (TPSA) is 29.5 Å². The summed E-state index contributed by atoms with van der Waals surface area (Å²) >= 11 is 0. The van der Waals surface area contributed by atoms with Crippen LogP contribution in [0.1, 0.15) is 30.6 Å². The van der Waals surface area contributed by atoms with Crippen LogP contribution in [-0.2, 0) is 4.74 Å². The predicted molar refractivity (Wildman–Crippen MR) is 68.6 cm³/mol. The number of anilines is 1. The fraction of sp³-hybridized carbons (Fsp3) is 0.500. The van der Waals surface area contributed by atoms with Crippen molar-refractivity contribution in [1.82, 2.24) is 0 Å². The van der Waals surface area contributed by atoms with Crippen LogP contribution in [0.2, 0.25) is 0 Å². The molecule has 1 unspecified atom stereocenters. The van der Waals surface area contributed by atoms with Gasteiger partial charge in [0.25, 0.3) is 0 Å². The van der Waals surface area contributed by atoms with E-state index in [2.05, 4.69) is 11.8 Å². The van der Waals surface area contributed by atoms with Crippen LogP contribution >= 0.6 is 0 Å². The molecule has 1 fully saturated rings. The average Bonchev–Trinajstić information content (AvgIpc) is 2.38. The fourth-order valence-electron chi connectivity index (χ4n) is 2.25. The maximum Gasteiger partial charge on any atom is 0.161 e. The molecule has 0 amide bonds. The molecular formula is C14H18FNO2. The standard InChI is InChI=1S/C14H18FNO2/c1-3-12-9-16(6-7-18-12)14-5-4-11(15)8-13(14)10(2)17/h4-5,8,12H,3,6-7,9H2,1-2H3. The van der Waals surface area contributed by atoms with Crippen molar-refractivity contribution in [3.63, 3.8) is 0 Å². The van der Waals surface area contributed by atoms with Gasteiger partial charge in [-0.1, -0.05) is 6.92 Å². The number of morpholine rings is 1. The van der Waals surface area contributed by atoms with E-state index in [1.165, 1.54) is 19.1 Å². The highest BCUT2D eigenvalue weighted by Crippen LogP contribution is 2.24. The Bertz CT molecular complexity index is 447. The lowest BCUT2D eigenvalue weighted by Gasteiger charge is -2.35. The summed E-state index contributed by atoms with van der Waals surface area (Å²) in [6.45, 7) is 5.68. The molecule has 3 nitrogen and oxygen atoms in total. The first-order chi connectivity index (χ1) is 8.61. The summed E-state index contributed by atoms with van der Waals surface area (Å²) in [7, 11) is 0. The minimum Gasteiger partial charge on any atom is -0.375 e. The first-order valence-electron chi connectivity index (χ1n) is 6.29. The molecular weight excluding hydrogens is 233 g/mol. The second kappa shape index (κ2) is 5.48. The molecule has 0 N–H and O–H groups in total. The van der Waals surface area contributed by atoms with E-state index in [1.807, 2.05) is 0 Å². The van der Waals surface area contributed by atoms with Crippen molar-refractivity contribution >= 4 is 11.5 Å². The Morgan fingerprint density at radius 2 is 2.33 bits per heavy atom. The van der Waals surface area contributed by atoms with E-state index >= 15 is 0 Å². The van der Waals surface area contributed by atoms with Crippen LogP contribution in [0.15, 0.2) is 18.2 Å². The van der Waals surface area contributed by atoms with Gasteiger partial charge in [0.05, 0.1) is 12.7 Å². The summed E-state index contributed by atoms with van der Waals surface area (Å²) in [5.41, 5.74) is 1.26. The third-order valence-corrected chi connectivity index (χ3v) is 3.27. The zero-order valence-corrected chi connectivity index (χ0v) is 10.8. The molecule has 1 saturated heterocycles. The molecule has 0 spiro atoms. The molecule has 1 heterocycles. The van der Waals surface area contributed by atoms with E-state index < -0.39 is 0 Å². The van der Waals surface area contributed by atoms with Gasteiger partial charge in [0.1, 0.15) is 5.82 Å². The van der Waals surface area contributed by atoms with Crippen molar-refractivity contribution in [2.75, 3.05) is 24.6 Å². The van der Waals surface area contributed by atoms with Gasteiger partial charge in [-0.05, 0) is 31.5 Å². The summed E-state index contributed by atoms with van der Waals surface area (Å²) in [6.07, 6.45) is 1.12. The van der Waals surface area contributed by atoms with E-state index in [0.29, 0.717) is 12.2 Å². The SMILES string of the molecule is CCC1CN(c2ccc(F)cc2C(C)=O)CCO1. The molecule has 0 bridgehead atoms. The molecule has 1 aromatic carbocycles. The van der Waals surface area contributed by atoms with Gasteiger partial charge in [0.2, 0.25) is 0 Å². The zero-order valence-electron chi connectivity index (χ0n) is 10.8. The van der Waals surface area contributed by atoms with E-state index in [9.17, 15) is 9.18 Å². The number of hydrogen-bond donors (Lipinski definition) is 0. The van der Waals surface area contributed by atoms with Gasteiger partial charge in [0.15, 0.2) is 5.78 Å². The number of nitrogens with zero attached hydrogens (tertiary/aromatic N) is 1. The number of carbonyl (C=O) groups is 1. The van der Waals surface area contributed by atoms with Gasteiger partial charge in [0, 0.05) is 24.3 Å². The highest BCUT2D eigenvalue weighted by molar-refractivity contribution is 5.99. The summed E-state index contributed by atoms with van der Waals surface area (Å²) < 4.78 is 18.8. The molecule has 0 aromatic heterocycles. The van der Waals surface area contributed by atoms with Crippen molar-refractivity contribution in [3.8, 4) is 0 Å². The van der Waals surface area contributed by atoms with Gasteiger partial charge < -0.3 is 9.64 Å². The molecule has 98 valence electrons. The van der Waals surface area contributed by atoms with Crippen molar-refractivity contribution in [2.45, 2.75) is 26.4 Å². The normalized spacial score (nSPS) is 19.9. The second-order valence-corrected chi connectivity index (χ2v) is 4.56. The van der Waals surface area contributed by atoms with Crippen molar-refractivity contribution in [2.24, 2.45) is 0 Å². The van der Waals surface area contributed by atoms with Crippen LogP contribution in [-0.4, -0.2) is 31.6 Å². The molecule has 1 aliphatic heterocycles. The largest absolute Gasteiger partial charge is 0.375 e. The Labute approximate surface area is 107 Å². The lowest BCUT2D eigenvalue weighted by Crippen LogP contribution is -2.42. The Morgan fingerprint density at radius 3 is 3.00 bits per heavy atom. The van der Waals surface area contributed by atoms with Crippen molar-refractivity contribution in [3.05, 3.63) is 29.6 Å². The molecule has 4 heteroatoms. The number of benzene rings is 1. The zero-order chi connectivity index (χ0) is 13.1. The van der Waals surface area contributed by atoms with Crippen molar-refractivity contribution < 1.29 is 13.9 Å². The average molecular weight is 251 g/mol. The fourth-order valence-corrected chi connectivity index (χ4v) is 2.25. The number of rotatable bonds is 3. The Balaban J connectivity index is 2.29. The molecule has 18 heavy (non-hydrogen) atoms. The molecule has 1 aromatic rings. The number of hydrogen-bond acceptors (Lipinski definition) is 3. The van der Waals surface area contributed by atoms with E-state index in [0.717, 1.165) is 25.2 Å². The minimum atomic E-state index is -0.371. The van der Waals surface area contributed by atoms with Crippen LogP contribution in [0.5, 0.6) is 0 Å². The number of carbonyl (C=O) groups excluding carboxylic acids is 1. The van der Waals surface area contributed by atoms with Gasteiger partial charge in [-0.25, -0.2) is 4.39 Å². The highest BCUT2D eigenvalue weighted by Gasteiger charge is 2.22. The quantitative estimate of drug-likeness (QED) is 0.773. The van der Waals surface area contributed by atoms with Crippen LogP contribution in [0.25, 0.3) is 0 Å². The van der Waals surface area contributed by atoms with Crippen LogP contribution in [0, 0.1) is 5.82 Å². The summed E-state index contributed by atoms with van der Waals surface area (Å²) in [5, 5.41) is 0. The number of halogens is 1. The highest BCUT2D eigenvalue weighted by atomic mass is 19.1. The summed E-state index contributed by atoms with van der Waals surface area (Å²) in [4.78, 5) is 13.7. The van der Waals surface area contributed by atoms with Crippen LogP contribution in [0.3, 0.4) is 0 Å². The third-order valence-electron chi connectivity index (χ3n) is 3.27. The Kier molecular flexibility index (Phi) is 3.97. The van der Waals surface area contributed by atoms with Crippen LogP contribution < -0.4 is 4.90 Å². The van der Waals surface area contributed by atoms with Gasteiger partial charge in [-0.3, -0.25) is 4.79 Å². The van der Waals surface area contributed by atoms with Gasteiger partial charge >= 0.3 is 0 Å². The van der Waals surface area contributed by atoms with E-state index in [4.69, 9.17) is 4.74 Å². The van der Waals surface area contributed by atoms with Crippen molar-refractivity contribution in [1.29, 1.82) is 0 Å². The van der Waals surface area contributed by atoms with Gasteiger partial charge in [-0.2, -0.15) is 0 Å². The molecule has 2 rings (SSSR count). The molecule has 1 atom stereocenters. The minimum absolute atomic E-state index is 0.107. The first-order valence-corrected chi connectivity index (χ1v) is 6.29. The number of Topliss-reactive ketones (excluding diaryl/α,β-unsaturated/α-hetero) is 1. The number of ether oxygens (including phenoxy) is 1. The first kappa shape index (κ1) is 13.0. The van der Waals surface area contributed by atoms with E-state index in [1.54, 1.807) is 6.07 Å². The summed E-state index contributed by atoms with van der Waals surface area (Å²) in [5.74, 6) is -0.478. The molecule has 0 radical (unpaired) electrons. The Morgan fingerprint density at radius 1 is 1.56 bits per heavy atom. The monoisotopic (exact) mass is 251 g/mol. The maximum absolute atomic E-state index is 13.2. The lowest BCUT2D eigenvalue weighted by atomic mass is 10.1. The molecule has 0 aliphatic carbocycles. The van der Waals surface area contributed by atoms with E-state index in [-0.39, 0.29) is 17.7 Å². The van der Waals surface area contributed by atoms with Crippen LogP contribution in [0.4, 0.5) is 10.1 Å². The summed E-state index contributed by atoms with van der Waals surface area (Å²) in [6, 6.07) is 4.40. The molecule has 0 saturated carbocycles. The maximum atomic E-state index is 13.2. The third kappa shape index (κ3) is 2.70. The Hall–Kier alpha value is -1.42. The molecule has 1 aliphatic rings.